The van der Waals surface area contributed by atoms with E-state index in [1.807, 2.05) is 0 Å². The van der Waals surface area contributed by atoms with Crippen molar-refractivity contribution in [1.29, 1.82) is 0 Å². The van der Waals surface area contributed by atoms with E-state index < -0.39 is 23.1 Å². The summed E-state index contributed by atoms with van der Waals surface area (Å²) in [6.45, 7) is 10.2. The van der Waals surface area contributed by atoms with Gasteiger partial charge in [-0.2, -0.15) is 9.78 Å². The van der Waals surface area contributed by atoms with E-state index in [0.29, 0.717) is 12.0 Å². The van der Waals surface area contributed by atoms with Crippen molar-refractivity contribution in [1.82, 2.24) is 0 Å². The van der Waals surface area contributed by atoms with Crippen molar-refractivity contribution in [2.24, 2.45) is 0 Å². The smallest absolute Gasteiger partial charge is 0.298 e. The first-order valence-corrected chi connectivity index (χ1v) is 7.34. The van der Waals surface area contributed by atoms with Crippen LogP contribution in [0.15, 0.2) is 24.3 Å². The Kier molecular flexibility index (Phi) is 6.29. The number of carbonyl (C=O) groups is 2. The molecule has 0 aliphatic rings. The molecule has 0 amide bonds. The van der Waals surface area contributed by atoms with Crippen LogP contribution in [0.4, 0.5) is 0 Å². The molecule has 0 N–H and O–H groups in total. The molecular weight excluding hydrogens is 300 g/mol. The maximum atomic E-state index is 11.8. The van der Waals surface area contributed by atoms with Gasteiger partial charge in [0.25, 0.3) is 0 Å². The zero-order valence-corrected chi connectivity index (χ0v) is 14.5. The van der Waals surface area contributed by atoms with E-state index in [-0.39, 0.29) is 0 Å². The van der Waals surface area contributed by atoms with Crippen LogP contribution in [0.1, 0.15) is 57.5 Å². The largest absolute Gasteiger partial charge is 0.373 e. The molecule has 0 aliphatic carbocycles. The lowest BCUT2D eigenvalue weighted by Gasteiger charge is -2.22. The lowest BCUT2D eigenvalue weighted by atomic mass is 9.98. The van der Waals surface area contributed by atoms with Gasteiger partial charge >= 0.3 is 11.9 Å². The zero-order chi connectivity index (χ0) is 17.7. The SMILES string of the molecule is CC(=O)OOC(C)(C)Cc1ccc(C(=O)OOC(C)(C)C)cc1. The molecule has 0 aromatic heterocycles. The molecule has 6 heteroatoms. The van der Waals surface area contributed by atoms with Crippen LogP contribution in [0.25, 0.3) is 0 Å². The van der Waals surface area contributed by atoms with Gasteiger partial charge in [0.05, 0.1) is 5.56 Å². The summed E-state index contributed by atoms with van der Waals surface area (Å²) in [5, 5.41) is 0. The molecule has 1 aromatic carbocycles. The third kappa shape index (κ3) is 7.76. The van der Waals surface area contributed by atoms with Crippen molar-refractivity contribution < 1.29 is 29.1 Å². The first kappa shape index (κ1) is 19.1. The molecule has 0 radical (unpaired) electrons. The molecular formula is C17H24O6. The Bertz CT molecular complexity index is 539. The fourth-order valence-corrected chi connectivity index (χ4v) is 1.66. The van der Waals surface area contributed by atoms with E-state index in [1.165, 1.54) is 6.92 Å². The molecule has 0 heterocycles. The molecule has 128 valence electrons. The molecule has 0 bridgehead atoms. The molecule has 1 aromatic rings. The third-order valence-corrected chi connectivity index (χ3v) is 2.57. The highest BCUT2D eigenvalue weighted by Gasteiger charge is 2.23. The van der Waals surface area contributed by atoms with E-state index in [9.17, 15) is 9.59 Å². The first-order valence-electron chi connectivity index (χ1n) is 7.34. The topological polar surface area (TPSA) is 71.1 Å². The lowest BCUT2D eigenvalue weighted by Crippen LogP contribution is -2.28. The predicted octanol–water partition coefficient (Wildman–Crippen LogP) is 3.39. The standard InChI is InChI=1S/C17H24O6/c1-12(18)20-23-17(5,6)11-13-7-9-14(10-8-13)15(19)21-22-16(2,3)4/h7-10H,11H2,1-6H3. The minimum Gasteiger partial charge on any atom is -0.298 e. The van der Waals surface area contributed by atoms with Gasteiger partial charge in [0, 0.05) is 13.3 Å². The van der Waals surface area contributed by atoms with Crippen LogP contribution < -0.4 is 0 Å². The second-order valence-corrected chi connectivity index (χ2v) is 6.86. The van der Waals surface area contributed by atoms with Crippen LogP contribution in [-0.2, 0) is 30.8 Å². The molecule has 0 atom stereocenters. The van der Waals surface area contributed by atoms with Gasteiger partial charge in [-0.3, -0.25) is 9.78 Å². The average molecular weight is 324 g/mol. The van der Waals surface area contributed by atoms with Crippen LogP contribution in [-0.4, -0.2) is 23.1 Å². The van der Waals surface area contributed by atoms with Crippen molar-refractivity contribution in [3.8, 4) is 0 Å². The Balaban J connectivity index is 2.62. The summed E-state index contributed by atoms with van der Waals surface area (Å²) >= 11 is 0. The Morgan fingerprint density at radius 3 is 1.96 bits per heavy atom. The number of carbonyl (C=O) groups excluding carboxylic acids is 2. The van der Waals surface area contributed by atoms with E-state index >= 15 is 0 Å². The van der Waals surface area contributed by atoms with Crippen LogP contribution in [0, 0.1) is 0 Å². The van der Waals surface area contributed by atoms with Gasteiger partial charge in [-0.15, -0.1) is 0 Å². The Hall–Kier alpha value is -1.92. The van der Waals surface area contributed by atoms with Crippen molar-refractivity contribution in [2.75, 3.05) is 0 Å². The molecule has 0 fully saturated rings. The third-order valence-electron chi connectivity index (χ3n) is 2.57. The van der Waals surface area contributed by atoms with Gasteiger partial charge < -0.3 is 0 Å². The van der Waals surface area contributed by atoms with Crippen LogP contribution in [0.5, 0.6) is 0 Å². The molecule has 0 saturated carbocycles. The number of benzene rings is 1. The first-order chi connectivity index (χ1) is 10.5. The molecule has 1 rings (SSSR count). The van der Waals surface area contributed by atoms with Crippen molar-refractivity contribution in [2.45, 2.75) is 59.2 Å². The van der Waals surface area contributed by atoms with Gasteiger partial charge in [-0.1, -0.05) is 12.1 Å². The number of rotatable bonds is 6. The fourth-order valence-electron chi connectivity index (χ4n) is 1.66. The molecule has 23 heavy (non-hydrogen) atoms. The predicted molar refractivity (Wildman–Crippen MR) is 83.3 cm³/mol. The van der Waals surface area contributed by atoms with Crippen LogP contribution >= 0.6 is 0 Å². The van der Waals surface area contributed by atoms with Gasteiger partial charge in [-0.25, -0.2) is 9.59 Å². The van der Waals surface area contributed by atoms with Crippen LogP contribution in [0.3, 0.4) is 0 Å². The maximum absolute atomic E-state index is 11.8. The number of hydrogen-bond acceptors (Lipinski definition) is 6. The van der Waals surface area contributed by atoms with Gasteiger partial charge in [-0.05, 0) is 52.3 Å². The summed E-state index contributed by atoms with van der Waals surface area (Å²) in [5.74, 6) is -1.06. The van der Waals surface area contributed by atoms with Crippen LogP contribution in [0.2, 0.25) is 0 Å². The highest BCUT2D eigenvalue weighted by atomic mass is 17.2. The fraction of sp³-hybridized carbons (Fsp3) is 0.529. The highest BCUT2D eigenvalue weighted by Crippen LogP contribution is 2.18. The van der Waals surface area contributed by atoms with Crippen molar-refractivity contribution in [3.63, 3.8) is 0 Å². The number of hydrogen-bond donors (Lipinski definition) is 0. The lowest BCUT2D eigenvalue weighted by molar-refractivity contribution is -0.323. The van der Waals surface area contributed by atoms with E-state index in [0.717, 1.165) is 5.56 Å². The Labute approximate surface area is 136 Å². The monoisotopic (exact) mass is 324 g/mol. The van der Waals surface area contributed by atoms with Crippen molar-refractivity contribution >= 4 is 11.9 Å². The summed E-state index contributed by atoms with van der Waals surface area (Å²) in [7, 11) is 0. The molecule has 6 nitrogen and oxygen atoms in total. The maximum Gasteiger partial charge on any atom is 0.373 e. The zero-order valence-electron chi connectivity index (χ0n) is 14.5. The van der Waals surface area contributed by atoms with Gasteiger partial charge in [0.1, 0.15) is 11.2 Å². The van der Waals surface area contributed by atoms with E-state index in [2.05, 4.69) is 4.89 Å². The quantitative estimate of drug-likeness (QED) is 0.590. The molecule has 0 saturated heterocycles. The summed E-state index contributed by atoms with van der Waals surface area (Å²) in [6.07, 6.45) is 0.508. The van der Waals surface area contributed by atoms with Gasteiger partial charge in [0.15, 0.2) is 0 Å². The normalized spacial score (nSPS) is 11.9. The summed E-state index contributed by atoms with van der Waals surface area (Å²) in [6, 6.07) is 6.86. The second-order valence-electron chi connectivity index (χ2n) is 6.86. The van der Waals surface area contributed by atoms with E-state index in [4.69, 9.17) is 14.7 Å². The molecule has 0 aliphatic heterocycles. The van der Waals surface area contributed by atoms with E-state index in [1.54, 1.807) is 58.9 Å². The highest BCUT2D eigenvalue weighted by molar-refractivity contribution is 5.88. The average Bonchev–Trinajstić information content (AvgIpc) is 2.42. The Morgan fingerprint density at radius 2 is 1.48 bits per heavy atom. The Morgan fingerprint density at radius 1 is 0.913 bits per heavy atom. The minimum atomic E-state index is -0.678. The molecule has 0 unspecified atom stereocenters. The minimum absolute atomic E-state index is 0.386. The molecule has 0 spiro atoms. The van der Waals surface area contributed by atoms with Gasteiger partial charge in [0.2, 0.25) is 0 Å². The summed E-state index contributed by atoms with van der Waals surface area (Å²) < 4.78 is 0. The summed E-state index contributed by atoms with van der Waals surface area (Å²) in [4.78, 5) is 42.1. The van der Waals surface area contributed by atoms with Crippen molar-refractivity contribution in [3.05, 3.63) is 35.4 Å². The summed E-state index contributed by atoms with van der Waals surface area (Å²) in [5.41, 5.74) is 0.0728. The second kappa shape index (κ2) is 7.57.